The molecule has 0 aromatic heterocycles. The maximum Gasteiger partial charge on any atom is 0.260 e. The second kappa shape index (κ2) is 6.41. The van der Waals surface area contributed by atoms with Gasteiger partial charge in [-0.05, 0) is 13.0 Å². The Kier molecular flexibility index (Phi) is 5.35. The Balaban J connectivity index is 0.00000200. The van der Waals surface area contributed by atoms with Crippen LogP contribution in [0.3, 0.4) is 0 Å². The average molecular weight is 313 g/mol. The van der Waals surface area contributed by atoms with Gasteiger partial charge in [0.05, 0.1) is 0 Å². The number of halogens is 5. The summed E-state index contributed by atoms with van der Waals surface area (Å²) in [5, 5.41) is 2.98. The molecule has 0 aliphatic carbocycles. The Morgan fingerprint density at radius 1 is 1.25 bits per heavy atom. The highest BCUT2D eigenvalue weighted by Crippen LogP contribution is 2.22. The molecule has 1 saturated heterocycles. The minimum Gasteiger partial charge on any atom is -0.337 e. The summed E-state index contributed by atoms with van der Waals surface area (Å²) in [6, 6.07) is -0.170. The SMILES string of the molecule is CN(C(=O)c1c(F)c(F)cc(F)c1F)C1CCNC1.Cl. The second-order valence-electron chi connectivity index (χ2n) is 4.41. The van der Waals surface area contributed by atoms with Gasteiger partial charge in [0.25, 0.3) is 5.91 Å². The third-order valence-electron chi connectivity index (χ3n) is 3.23. The zero-order valence-electron chi connectivity index (χ0n) is 10.6. The van der Waals surface area contributed by atoms with Crippen molar-refractivity contribution in [2.75, 3.05) is 20.1 Å². The number of likely N-dealkylation sites (N-methyl/N-ethyl adjacent to an activating group) is 1. The van der Waals surface area contributed by atoms with Crippen molar-refractivity contribution in [3.8, 4) is 0 Å². The monoisotopic (exact) mass is 312 g/mol. The van der Waals surface area contributed by atoms with Gasteiger partial charge in [0.15, 0.2) is 23.3 Å². The van der Waals surface area contributed by atoms with Gasteiger partial charge in [-0.15, -0.1) is 12.4 Å². The van der Waals surface area contributed by atoms with E-state index in [2.05, 4.69) is 5.32 Å². The Bertz CT molecular complexity index is 494. The van der Waals surface area contributed by atoms with Crippen LogP contribution in [0.2, 0.25) is 0 Å². The number of hydrogen-bond donors (Lipinski definition) is 1. The first-order chi connectivity index (χ1) is 8.93. The number of nitrogens with zero attached hydrogens (tertiary/aromatic N) is 1. The quantitative estimate of drug-likeness (QED) is 0.670. The van der Waals surface area contributed by atoms with E-state index in [-0.39, 0.29) is 24.5 Å². The van der Waals surface area contributed by atoms with E-state index >= 15 is 0 Å². The number of amides is 1. The summed E-state index contributed by atoms with van der Waals surface area (Å²) >= 11 is 0. The molecule has 2 rings (SSSR count). The van der Waals surface area contributed by atoms with Crippen LogP contribution >= 0.6 is 12.4 Å². The topological polar surface area (TPSA) is 32.3 Å². The van der Waals surface area contributed by atoms with Crippen molar-refractivity contribution in [3.63, 3.8) is 0 Å². The van der Waals surface area contributed by atoms with Gasteiger partial charge in [-0.1, -0.05) is 0 Å². The number of benzene rings is 1. The van der Waals surface area contributed by atoms with Gasteiger partial charge in [0, 0.05) is 25.7 Å². The molecule has 0 radical (unpaired) electrons. The van der Waals surface area contributed by atoms with Crippen LogP contribution in [-0.2, 0) is 0 Å². The summed E-state index contributed by atoms with van der Waals surface area (Å²) < 4.78 is 53.1. The Labute approximate surface area is 119 Å². The summed E-state index contributed by atoms with van der Waals surface area (Å²) in [7, 11) is 1.35. The molecule has 0 spiro atoms. The minimum atomic E-state index is -1.67. The molecule has 1 aliphatic rings. The van der Waals surface area contributed by atoms with Crippen LogP contribution < -0.4 is 5.32 Å². The van der Waals surface area contributed by atoms with E-state index in [1.807, 2.05) is 0 Å². The van der Waals surface area contributed by atoms with E-state index in [1.165, 1.54) is 7.05 Å². The van der Waals surface area contributed by atoms with E-state index in [4.69, 9.17) is 0 Å². The molecule has 1 aromatic carbocycles. The maximum absolute atomic E-state index is 13.5. The molecule has 1 aromatic rings. The van der Waals surface area contributed by atoms with Crippen LogP contribution in [0.15, 0.2) is 6.07 Å². The number of carbonyl (C=O) groups excluding carboxylic acids is 1. The van der Waals surface area contributed by atoms with E-state index in [9.17, 15) is 22.4 Å². The van der Waals surface area contributed by atoms with E-state index in [0.717, 1.165) is 4.90 Å². The smallest absolute Gasteiger partial charge is 0.260 e. The highest BCUT2D eigenvalue weighted by Gasteiger charge is 2.30. The maximum atomic E-state index is 13.5. The fourth-order valence-corrected chi connectivity index (χ4v) is 2.07. The molecule has 1 atom stereocenters. The van der Waals surface area contributed by atoms with Gasteiger partial charge in [0.2, 0.25) is 0 Å². The highest BCUT2D eigenvalue weighted by atomic mass is 35.5. The highest BCUT2D eigenvalue weighted by molar-refractivity contribution is 5.95. The van der Waals surface area contributed by atoms with Gasteiger partial charge in [-0.2, -0.15) is 0 Å². The Morgan fingerprint density at radius 3 is 2.25 bits per heavy atom. The lowest BCUT2D eigenvalue weighted by Gasteiger charge is -2.24. The van der Waals surface area contributed by atoms with Gasteiger partial charge < -0.3 is 10.2 Å². The van der Waals surface area contributed by atoms with Crippen LogP contribution in [0.1, 0.15) is 16.8 Å². The molecular formula is C12H13ClF4N2O. The summed E-state index contributed by atoms with van der Waals surface area (Å²) in [5.41, 5.74) is -1.19. The molecule has 1 unspecified atom stereocenters. The van der Waals surface area contributed by atoms with Crippen molar-refractivity contribution in [3.05, 3.63) is 34.9 Å². The van der Waals surface area contributed by atoms with Gasteiger partial charge in [-0.3, -0.25) is 4.79 Å². The van der Waals surface area contributed by atoms with Crippen molar-refractivity contribution >= 4 is 18.3 Å². The molecule has 1 fully saturated rings. The zero-order chi connectivity index (χ0) is 14.2. The summed E-state index contributed by atoms with van der Waals surface area (Å²) in [6.45, 7) is 1.15. The fourth-order valence-electron chi connectivity index (χ4n) is 2.07. The number of hydrogen-bond acceptors (Lipinski definition) is 2. The van der Waals surface area contributed by atoms with Crippen LogP contribution in [0.25, 0.3) is 0 Å². The molecule has 1 heterocycles. The van der Waals surface area contributed by atoms with Gasteiger partial charge in [-0.25, -0.2) is 17.6 Å². The summed E-state index contributed by atoms with van der Waals surface area (Å²) in [5.74, 6) is -7.56. The van der Waals surface area contributed by atoms with Crippen molar-refractivity contribution in [2.45, 2.75) is 12.5 Å². The Hall–Kier alpha value is -1.34. The lowest BCUT2D eigenvalue weighted by atomic mass is 10.1. The predicted octanol–water partition coefficient (Wildman–Crippen LogP) is 2.10. The zero-order valence-corrected chi connectivity index (χ0v) is 11.4. The molecule has 1 aliphatic heterocycles. The summed E-state index contributed by atoms with van der Waals surface area (Å²) in [6.07, 6.45) is 0.614. The number of rotatable bonds is 2. The molecule has 0 bridgehead atoms. The molecule has 1 amide bonds. The van der Waals surface area contributed by atoms with Crippen LogP contribution in [0.5, 0.6) is 0 Å². The predicted molar refractivity (Wildman–Crippen MR) is 66.9 cm³/mol. The normalized spacial score (nSPS) is 17.8. The molecule has 20 heavy (non-hydrogen) atoms. The average Bonchev–Trinajstić information content (AvgIpc) is 2.89. The third-order valence-corrected chi connectivity index (χ3v) is 3.23. The largest absolute Gasteiger partial charge is 0.337 e. The molecule has 8 heteroatoms. The lowest BCUT2D eigenvalue weighted by molar-refractivity contribution is 0.0731. The Morgan fingerprint density at radius 2 is 1.80 bits per heavy atom. The molecule has 3 nitrogen and oxygen atoms in total. The molecule has 0 saturated carbocycles. The first-order valence-corrected chi connectivity index (χ1v) is 5.74. The van der Waals surface area contributed by atoms with E-state index in [0.29, 0.717) is 19.5 Å². The minimum absolute atomic E-state index is 0. The lowest BCUT2D eigenvalue weighted by Crippen LogP contribution is -2.39. The van der Waals surface area contributed by atoms with Gasteiger partial charge >= 0.3 is 0 Å². The van der Waals surface area contributed by atoms with Crippen LogP contribution in [-0.4, -0.2) is 37.0 Å². The molecule has 112 valence electrons. The number of nitrogens with one attached hydrogen (secondary N) is 1. The van der Waals surface area contributed by atoms with E-state index in [1.54, 1.807) is 0 Å². The van der Waals surface area contributed by atoms with Crippen LogP contribution in [0.4, 0.5) is 17.6 Å². The van der Waals surface area contributed by atoms with Crippen molar-refractivity contribution < 1.29 is 22.4 Å². The first kappa shape index (κ1) is 16.7. The van der Waals surface area contributed by atoms with E-state index < -0.39 is 34.7 Å². The standard InChI is InChI=1S/C12H12F4N2O.ClH/c1-18(6-2-3-17-5-6)12(19)9-10(15)7(13)4-8(14)11(9)16;/h4,6,17H,2-3,5H2,1H3;1H. The van der Waals surface area contributed by atoms with Crippen LogP contribution in [0, 0.1) is 23.3 Å². The number of carbonyl (C=O) groups is 1. The van der Waals surface area contributed by atoms with Gasteiger partial charge in [0.1, 0.15) is 5.56 Å². The molecule has 1 N–H and O–H groups in total. The van der Waals surface area contributed by atoms with Crippen molar-refractivity contribution in [1.82, 2.24) is 10.2 Å². The molecular weight excluding hydrogens is 300 g/mol. The first-order valence-electron chi connectivity index (χ1n) is 5.74. The fraction of sp³-hybridized carbons (Fsp3) is 0.417. The van der Waals surface area contributed by atoms with Crippen molar-refractivity contribution in [2.24, 2.45) is 0 Å². The summed E-state index contributed by atoms with van der Waals surface area (Å²) in [4.78, 5) is 13.1. The third kappa shape index (κ3) is 2.88. The van der Waals surface area contributed by atoms with Crippen molar-refractivity contribution in [1.29, 1.82) is 0 Å². The second-order valence-corrected chi connectivity index (χ2v) is 4.41.